The minimum Gasteiger partial charge on any atom is -0.467 e. The van der Waals surface area contributed by atoms with Gasteiger partial charge in [0.05, 0.1) is 12.7 Å². The smallest absolute Gasteiger partial charge is 0.433 e. The number of pyridine rings is 1. The topological polar surface area (TPSA) is 68.3 Å². The summed E-state index contributed by atoms with van der Waals surface area (Å²) < 4.78 is 42.2. The Morgan fingerprint density at radius 3 is 2.35 bits per heavy atom. The molecular formula is C15H17F3N2O3. The van der Waals surface area contributed by atoms with Gasteiger partial charge in [-0.3, -0.25) is 9.78 Å². The Hall–Kier alpha value is -2.12. The fourth-order valence-electron chi connectivity index (χ4n) is 2.72. The van der Waals surface area contributed by atoms with Gasteiger partial charge in [0, 0.05) is 6.20 Å². The third-order valence-electron chi connectivity index (χ3n) is 3.95. The second-order valence-electron chi connectivity index (χ2n) is 5.52. The van der Waals surface area contributed by atoms with Gasteiger partial charge in [0.1, 0.15) is 11.2 Å². The van der Waals surface area contributed by atoms with Crippen molar-refractivity contribution in [1.29, 1.82) is 0 Å². The number of alkyl halides is 3. The normalized spacial score (nSPS) is 17.4. The molecule has 0 saturated heterocycles. The molecule has 0 aliphatic heterocycles. The molecule has 8 heteroatoms. The summed E-state index contributed by atoms with van der Waals surface area (Å²) in [6, 6.07) is 1.78. The Kier molecular flexibility index (Phi) is 4.91. The summed E-state index contributed by atoms with van der Waals surface area (Å²) in [5, 5.41) is 2.62. The van der Waals surface area contributed by atoms with Gasteiger partial charge in [-0.1, -0.05) is 19.3 Å². The minimum absolute atomic E-state index is 0.0353. The van der Waals surface area contributed by atoms with Crippen molar-refractivity contribution in [3.63, 3.8) is 0 Å². The molecule has 23 heavy (non-hydrogen) atoms. The Morgan fingerprint density at radius 2 is 1.87 bits per heavy atom. The number of carbonyl (C=O) groups is 2. The molecule has 1 aromatic rings. The molecular weight excluding hydrogens is 313 g/mol. The molecule has 1 aliphatic rings. The van der Waals surface area contributed by atoms with Gasteiger partial charge in [-0.25, -0.2) is 4.79 Å². The van der Waals surface area contributed by atoms with Gasteiger partial charge in [0.15, 0.2) is 0 Å². The molecule has 0 radical (unpaired) electrons. The zero-order valence-electron chi connectivity index (χ0n) is 12.6. The summed E-state index contributed by atoms with van der Waals surface area (Å²) >= 11 is 0. The fourth-order valence-corrected chi connectivity index (χ4v) is 2.72. The number of nitrogens with one attached hydrogen (secondary N) is 1. The van der Waals surface area contributed by atoms with Crippen molar-refractivity contribution in [3.05, 3.63) is 29.6 Å². The maximum atomic E-state index is 12.5. The maximum Gasteiger partial charge on any atom is 0.433 e. The van der Waals surface area contributed by atoms with Crippen molar-refractivity contribution in [1.82, 2.24) is 10.3 Å². The summed E-state index contributed by atoms with van der Waals surface area (Å²) in [5.74, 6) is -1.18. The predicted molar refractivity (Wildman–Crippen MR) is 74.5 cm³/mol. The average Bonchev–Trinajstić information content (AvgIpc) is 2.54. The van der Waals surface area contributed by atoms with Crippen LogP contribution in [0.3, 0.4) is 0 Å². The molecule has 0 spiro atoms. The maximum absolute atomic E-state index is 12.5. The number of rotatable bonds is 3. The lowest BCUT2D eigenvalue weighted by Gasteiger charge is -2.35. The van der Waals surface area contributed by atoms with Crippen molar-refractivity contribution >= 4 is 11.9 Å². The Balaban J connectivity index is 2.17. The fraction of sp³-hybridized carbons (Fsp3) is 0.533. The average molecular weight is 330 g/mol. The molecule has 2 rings (SSSR count). The van der Waals surface area contributed by atoms with Crippen LogP contribution in [0.15, 0.2) is 18.3 Å². The molecule has 0 atom stereocenters. The van der Waals surface area contributed by atoms with Crippen LogP contribution in [0.4, 0.5) is 13.2 Å². The van der Waals surface area contributed by atoms with E-state index in [-0.39, 0.29) is 5.56 Å². The first-order valence-corrected chi connectivity index (χ1v) is 7.23. The van der Waals surface area contributed by atoms with E-state index in [0.29, 0.717) is 12.8 Å². The van der Waals surface area contributed by atoms with Crippen LogP contribution in [0.2, 0.25) is 0 Å². The van der Waals surface area contributed by atoms with E-state index in [0.717, 1.165) is 37.6 Å². The molecule has 1 heterocycles. The zero-order chi connectivity index (χ0) is 17.1. The van der Waals surface area contributed by atoms with Gasteiger partial charge in [-0.05, 0) is 25.0 Å². The number of hydrogen-bond donors (Lipinski definition) is 1. The number of nitrogens with zero attached hydrogens (tertiary/aromatic N) is 1. The van der Waals surface area contributed by atoms with Crippen LogP contribution >= 0.6 is 0 Å². The van der Waals surface area contributed by atoms with E-state index in [9.17, 15) is 22.8 Å². The summed E-state index contributed by atoms with van der Waals surface area (Å²) in [6.07, 6.45) is -0.339. The quantitative estimate of drug-likeness (QED) is 0.865. The predicted octanol–water partition coefficient (Wildman–Crippen LogP) is 2.71. The lowest BCUT2D eigenvalue weighted by atomic mass is 9.81. The summed E-state index contributed by atoms with van der Waals surface area (Å²) in [5.41, 5.74) is -2.23. The highest BCUT2D eigenvalue weighted by atomic mass is 19.4. The highest BCUT2D eigenvalue weighted by molar-refractivity contribution is 5.98. The zero-order valence-corrected chi connectivity index (χ0v) is 12.6. The number of carbonyl (C=O) groups excluding carboxylic acids is 2. The van der Waals surface area contributed by atoms with Crippen molar-refractivity contribution in [2.24, 2.45) is 0 Å². The molecule has 126 valence electrons. The Bertz CT molecular complexity index is 579. The highest BCUT2D eigenvalue weighted by Gasteiger charge is 2.42. The molecule has 1 saturated carbocycles. The van der Waals surface area contributed by atoms with Crippen LogP contribution in [0.1, 0.15) is 48.2 Å². The summed E-state index contributed by atoms with van der Waals surface area (Å²) in [7, 11) is 1.24. The van der Waals surface area contributed by atoms with E-state index >= 15 is 0 Å². The monoisotopic (exact) mass is 330 g/mol. The first-order valence-electron chi connectivity index (χ1n) is 7.23. The van der Waals surface area contributed by atoms with Crippen molar-refractivity contribution in [2.45, 2.75) is 43.8 Å². The SMILES string of the molecule is COC(=O)C1(NC(=O)c2ccc(C(F)(F)F)nc2)CCCCC1. The molecule has 5 nitrogen and oxygen atoms in total. The van der Waals surface area contributed by atoms with E-state index < -0.39 is 29.3 Å². The number of amides is 1. The third-order valence-corrected chi connectivity index (χ3v) is 3.95. The van der Waals surface area contributed by atoms with Crippen LogP contribution in [0.25, 0.3) is 0 Å². The van der Waals surface area contributed by atoms with Gasteiger partial charge in [-0.15, -0.1) is 0 Å². The number of methoxy groups -OCH3 is 1. The molecule has 1 aromatic heterocycles. The van der Waals surface area contributed by atoms with Crippen LogP contribution < -0.4 is 5.32 Å². The second-order valence-corrected chi connectivity index (χ2v) is 5.52. The van der Waals surface area contributed by atoms with E-state index in [2.05, 4.69) is 10.3 Å². The molecule has 1 amide bonds. The third kappa shape index (κ3) is 3.80. The standard InChI is InChI=1S/C15H17F3N2O3/c1-23-13(22)14(7-3-2-4-8-14)20-12(21)10-5-6-11(19-9-10)15(16,17)18/h5-6,9H,2-4,7-8H2,1H3,(H,20,21). The highest BCUT2D eigenvalue weighted by Crippen LogP contribution is 2.30. The first kappa shape index (κ1) is 17.2. The van der Waals surface area contributed by atoms with E-state index in [1.807, 2.05) is 0 Å². The molecule has 0 bridgehead atoms. The second kappa shape index (κ2) is 6.55. The van der Waals surface area contributed by atoms with Gasteiger partial charge in [0.2, 0.25) is 0 Å². The molecule has 1 fully saturated rings. The number of hydrogen-bond acceptors (Lipinski definition) is 4. The van der Waals surface area contributed by atoms with Gasteiger partial charge in [0.25, 0.3) is 5.91 Å². The van der Waals surface area contributed by atoms with Crippen LogP contribution in [-0.2, 0) is 15.7 Å². The number of ether oxygens (including phenoxy) is 1. The molecule has 0 aromatic carbocycles. The minimum atomic E-state index is -4.56. The summed E-state index contributed by atoms with van der Waals surface area (Å²) in [6.45, 7) is 0. The number of aromatic nitrogens is 1. The van der Waals surface area contributed by atoms with Gasteiger partial charge >= 0.3 is 12.1 Å². The molecule has 1 N–H and O–H groups in total. The Morgan fingerprint density at radius 1 is 1.22 bits per heavy atom. The number of halogens is 3. The van der Waals surface area contributed by atoms with Crippen molar-refractivity contribution in [3.8, 4) is 0 Å². The van der Waals surface area contributed by atoms with Gasteiger partial charge in [-0.2, -0.15) is 13.2 Å². The number of esters is 1. The van der Waals surface area contributed by atoms with Crippen LogP contribution in [0, 0.1) is 0 Å². The summed E-state index contributed by atoms with van der Waals surface area (Å²) in [4.78, 5) is 27.5. The van der Waals surface area contributed by atoms with Crippen molar-refractivity contribution in [2.75, 3.05) is 7.11 Å². The van der Waals surface area contributed by atoms with E-state index in [4.69, 9.17) is 4.74 Å². The van der Waals surface area contributed by atoms with Crippen molar-refractivity contribution < 1.29 is 27.5 Å². The lowest BCUT2D eigenvalue weighted by molar-refractivity contribution is -0.149. The lowest BCUT2D eigenvalue weighted by Crippen LogP contribution is -2.56. The van der Waals surface area contributed by atoms with Crippen LogP contribution in [-0.4, -0.2) is 29.5 Å². The van der Waals surface area contributed by atoms with E-state index in [1.54, 1.807) is 0 Å². The first-order chi connectivity index (χ1) is 10.8. The Labute approximate surface area is 131 Å². The molecule has 1 aliphatic carbocycles. The largest absolute Gasteiger partial charge is 0.467 e. The van der Waals surface area contributed by atoms with Gasteiger partial charge < -0.3 is 10.1 Å². The molecule has 0 unspecified atom stereocenters. The van der Waals surface area contributed by atoms with E-state index in [1.165, 1.54) is 7.11 Å². The van der Waals surface area contributed by atoms with Crippen LogP contribution in [0.5, 0.6) is 0 Å².